The lowest BCUT2D eigenvalue weighted by Gasteiger charge is -2.29. The first-order chi connectivity index (χ1) is 10.6. The van der Waals surface area contributed by atoms with Crippen molar-refractivity contribution in [1.82, 2.24) is 5.32 Å². The van der Waals surface area contributed by atoms with E-state index in [1.165, 1.54) is 19.2 Å². The van der Waals surface area contributed by atoms with Gasteiger partial charge in [0.2, 0.25) is 0 Å². The van der Waals surface area contributed by atoms with E-state index in [4.69, 9.17) is 4.84 Å². The van der Waals surface area contributed by atoms with Crippen molar-refractivity contribution in [3.63, 3.8) is 0 Å². The fraction of sp³-hybridized carbons (Fsp3) is 0.471. The molecule has 3 atom stereocenters. The maximum absolute atomic E-state index is 13.2. The number of nitrogens with one attached hydrogen (secondary N) is 1. The molecule has 22 heavy (non-hydrogen) atoms. The van der Waals surface area contributed by atoms with Crippen LogP contribution in [0.5, 0.6) is 0 Å². The molecule has 0 spiro atoms. The molecule has 0 aliphatic carbocycles. The lowest BCUT2D eigenvalue weighted by atomic mass is 9.86. The second kappa shape index (κ2) is 6.18. The molecule has 2 unspecified atom stereocenters. The molecule has 2 N–H and O–H groups in total. The molecule has 1 fully saturated rings. The molecule has 1 saturated heterocycles. The van der Waals surface area contributed by atoms with Crippen molar-refractivity contribution < 1.29 is 14.3 Å². The summed E-state index contributed by atoms with van der Waals surface area (Å²) in [5.74, 6) is -0.246. The van der Waals surface area contributed by atoms with Gasteiger partial charge in [-0.1, -0.05) is 24.2 Å². The van der Waals surface area contributed by atoms with Gasteiger partial charge in [0.1, 0.15) is 12.9 Å². The van der Waals surface area contributed by atoms with E-state index in [0.29, 0.717) is 6.42 Å². The highest BCUT2D eigenvalue weighted by Crippen LogP contribution is 2.38. The van der Waals surface area contributed by atoms with Crippen LogP contribution >= 0.6 is 0 Å². The van der Waals surface area contributed by atoms with Crippen LogP contribution in [0.4, 0.5) is 4.39 Å². The number of oxime groups is 1. The van der Waals surface area contributed by atoms with E-state index in [1.54, 1.807) is 12.1 Å². The molecule has 2 heterocycles. The number of fused-ring (bicyclic) bond motifs is 2. The second-order valence-electron chi connectivity index (χ2n) is 5.82. The standard InChI is InChI=1S/C17H21FN2O2/c1-3-14(20-22-2)16-13(10-4-6-11(18)7-5-10)8-12-9-15(21)17(16)19-12/h4-7,12,15,17,19,21H,3,8-9H2,1-2H3/t12?,15?,17-/m1/s1. The van der Waals surface area contributed by atoms with E-state index >= 15 is 0 Å². The number of hydrogen-bond donors (Lipinski definition) is 2. The molecule has 0 saturated carbocycles. The molecular formula is C17H21FN2O2. The first-order valence-corrected chi connectivity index (χ1v) is 7.67. The minimum atomic E-state index is -0.424. The topological polar surface area (TPSA) is 53.9 Å². The van der Waals surface area contributed by atoms with Crippen molar-refractivity contribution in [3.8, 4) is 0 Å². The molecule has 4 nitrogen and oxygen atoms in total. The first kappa shape index (κ1) is 15.2. The van der Waals surface area contributed by atoms with Crippen molar-refractivity contribution in [2.45, 2.75) is 44.4 Å². The Hall–Kier alpha value is -1.72. The van der Waals surface area contributed by atoms with Gasteiger partial charge in [0.15, 0.2) is 0 Å². The van der Waals surface area contributed by atoms with E-state index in [2.05, 4.69) is 10.5 Å². The molecule has 2 aliphatic rings. The number of rotatable bonds is 4. The van der Waals surface area contributed by atoms with Gasteiger partial charge in [-0.25, -0.2) is 4.39 Å². The number of halogens is 1. The van der Waals surface area contributed by atoms with Gasteiger partial charge in [-0.05, 0) is 42.5 Å². The molecule has 0 radical (unpaired) electrons. The summed E-state index contributed by atoms with van der Waals surface area (Å²) in [6.45, 7) is 2.01. The van der Waals surface area contributed by atoms with Gasteiger partial charge >= 0.3 is 0 Å². The van der Waals surface area contributed by atoms with Crippen molar-refractivity contribution in [1.29, 1.82) is 0 Å². The maximum Gasteiger partial charge on any atom is 0.123 e. The number of aliphatic hydroxyl groups excluding tert-OH is 1. The molecule has 1 aromatic carbocycles. The summed E-state index contributed by atoms with van der Waals surface area (Å²) in [6, 6.07) is 6.65. The van der Waals surface area contributed by atoms with Crippen LogP contribution < -0.4 is 5.32 Å². The van der Waals surface area contributed by atoms with Gasteiger partial charge in [0.05, 0.1) is 17.9 Å². The van der Waals surface area contributed by atoms with Crippen LogP contribution in [0.25, 0.3) is 5.57 Å². The molecule has 0 aromatic heterocycles. The lowest BCUT2D eigenvalue weighted by Crippen LogP contribution is -2.41. The predicted octanol–water partition coefficient (Wildman–Crippen LogP) is 2.49. The normalized spacial score (nSPS) is 28.2. The molecule has 1 aromatic rings. The largest absolute Gasteiger partial charge is 0.399 e. The summed E-state index contributed by atoms with van der Waals surface area (Å²) in [4.78, 5) is 4.98. The van der Waals surface area contributed by atoms with Crippen LogP contribution in [0.3, 0.4) is 0 Å². The van der Waals surface area contributed by atoms with Crippen molar-refractivity contribution in [2.75, 3.05) is 7.11 Å². The quantitative estimate of drug-likeness (QED) is 0.664. The Kier molecular flexibility index (Phi) is 4.27. The highest BCUT2D eigenvalue weighted by Gasteiger charge is 2.42. The molecule has 2 bridgehead atoms. The molecule has 3 rings (SSSR count). The Bertz CT molecular complexity index is 610. The monoisotopic (exact) mass is 304 g/mol. The molecule has 118 valence electrons. The Labute approximate surface area is 129 Å². The highest BCUT2D eigenvalue weighted by molar-refractivity contribution is 6.07. The average molecular weight is 304 g/mol. The zero-order valence-electron chi connectivity index (χ0n) is 12.8. The van der Waals surface area contributed by atoms with Crippen LogP contribution in [-0.2, 0) is 4.84 Å². The summed E-state index contributed by atoms with van der Waals surface area (Å²) < 4.78 is 13.2. The minimum absolute atomic E-state index is 0.132. The zero-order valence-corrected chi connectivity index (χ0v) is 12.8. The van der Waals surface area contributed by atoms with Gasteiger partial charge in [-0.2, -0.15) is 0 Å². The molecular weight excluding hydrogens is 283 g/mol. The Morgan fingerprint density at radius 1 is 1.41 bits per heavy atom. The third kappa shape index (κ3) is 2.66. The smallest absolute Gasteiger partial charge is 0.123 e. The van der Waals surface area contributed by atoms with E-state index in [9.17, 15) is 9.50 Å². The van der Waals surface area contributed by atoms with Crippen LogP contribution in [0.15, 0.2) is 35.0 Å². The Balaban J connectivity index is 2.12. The minimum Gasteiger partial charge on any atom is -0.399 e. The predicted molar refractivity (Wildman–Crippen MR) is 84.0 cm³/mol. The second-order valence-corrected chi connectivity index (χ2v) is 5.82. The maximum atomic E-state index is 13.2. The number of benzene rings is 1. The van der Waals surface area contributed by atoms with Crippen LogP contribution in [0.2, 0.25) is 0 Å². The number of hydrogen-bond acceptors (Lipinski definition) is 4. The van der Waals surface area contributed by atoms with Crippen LogP contribution in [0.1, 0.15) is 31.7 Å². The molecule has 2 aliphatic heterocycles. The van der Waals surface area contributed by atoms with Gasteiger partial charge < -0.3 is 15.3 Å². The van der Waals surface area contributed by atoms with Gasteiger partial charge in [-0.15, -0.1) is 0 Å². The Morgan fingerprint density at radius 3 is 2.77 bits per heavy atom. The van der Waals surface area contributed by atoms with Crippen LogP contribution in [0, 0.1) is 5.82 Å². The zero-order chi connectivity index (χ0) is 15.7. The van der Waals surface area contributed by atoms with Crippen LogP contribution in [-0.4, -0.2) is 36.1 Å². The SMILES string of the molecule is CCC(=NOC)C1=C(c2ccc(F)cc2)CC2CC(O)[C@H]1N2. The summed E-state index contributed by atoms with van der Waals surface area (Å²) in [6.07, 6.45) is 1.82. The summed E-state index contributed by atoms with van der Waals surface area (Å²) in [5, 5.41) is 17.9. The fourth-order valence-corrected chi connectivity index (χ4v) is 3.52. The van der Waals surface area contributed by atoms with E-state index in [1.807, 2.05) is 6.92 Å². The van der Waals surface area contributed by atoms with Gasteiger partial charge in [0, 0.05) is 11.6 Å². The summed E-state index contributed by atoms with van der Waals surface area (Å²) in [7, 11) is 1.53. The first-order valence-electron chi connectivity index (χ1n) is 7.67. The third-order valence-corrected chi connectivity index (χ3v) is 4.45. The van der Waals surface area contributed by atoms with Crippen molar-refractivity contribution >= 4 is 11.3 Å². The number of nitrogens with zero attached hydrogens (tertiary/aromatic N) is 1. The van der Waals surface area contributed by atoms with E-state index in [0.717, 1.165) is 35.3 Å². The highest BCUT2D eigenvalue weighted by atomic mass is 19.1. The lowest BCUT2D eigenvalue weighted by molar-refractivity contribution is 0.172. The number of aliphatic hydroxyl groups is 1. The summed E-state index contributed by atoms with van der Waals surface area (Å²) in [5.41, 5.74) is 3.94. The van der Waals surface area contributed by atoms with Gasteiger partial charge in [0.25, 0.3) is 0 Å². The van der Waals surface area contributed by atoms with Crippen molar-refractivity contribution in [3.05, 3.63) is 41.2 Å². The van der Waals surface area contributed by atoms with E-state index in [-0.39, 0.29) is 17.9 Å². The summed E-state index contributed by atoms with van der Waals surface area (Å²) >= 11 is 0. The van der Waals surface area contributed by atoms with Gasteiger partial charge in [-0.3, -0.25) is 0 Å². The average Bonchev–Trinajstić information content (AvgIpc) is 2.81. The molecule has 5 heteroatoms. The fourth-order valence-electron chi connectivity index (χ4n) is 3.52. The van der Waals surface area contributed by atoms with Crippen molar-refractivity contribution in [2.24, 2.45) is 5.16 Å². The Morgan fingerprint density at radius 2 is 2.14 bits per heavy atom. The molecule has 0 amide bonds. The third-order valence-electron chi connectivity index (χ3n) is 4.45. The van der Waals surface area contributed by atoms with E-state index < -0.39 is 6.10 Å².